The van der Waals surface area contributed by atoms with Crippen LogP contribution >= 0.6 is 11.3 Å². The number of fused-ring (bicyclic) bond motifs is 1. The molecule has 0 atom stereocenters. The van der Waals surface area contributed by atoms with E-state index in [1.54, 1.807) is 12.3 Å². The molecule has 0 aliphatic rings. The lowest BCUT2D eigenvalue weighted by atomic mass is 10.2. The maximum Gasteiger partial charge on any atom is 0.271 e. The van der Waals surface area contributed by atoms with Crippen LogP contribution in [0.4, 0.5) is 22.2 Å². The number of nitrogens with one attached hydrogen (secondary N) is 2. The number of para-hydroxylation sites is 1. The van der Waals surface area contributed by atoms with Gasteiger partial charge in [-0.1, -0.05) is 29.5 Å². The Balaban J connectivity index is 1.48. The van der Waals surface area contributed by atoms with Crippen LogP contribution in [-0.4, -0.2) is 41.7 Å². The van der Waals surface area contributed by atoms with E-state index in [9.17, 15) is 14.9 Å². The van der Waals surface area contributed by atoms with E-state index < -0.39 is 10.8 Å². The molecular formula is C26H26N6O4S. The van der Waals surface area contributed by atoms with E-state index in [-0.39, 0.29) is 12.3 Å². The molecule has 0 fully saturated rings. The number of hydrogen-bond acceptors (Lipinski definition) is 9. The van der Waals surface area contributed by atoms with E-state index in [0.717, 1.165) is 29.0 Å². The SMILES string of the molecule is CCN(CC)c1ccc(/C=N\Nc2nc3ccccc3s2)c(OCC(=O)Nc2cccc([N+](=O)[O-])c2)c1. The Kier molecular flexibility index (Phi) is 8.26. The molecule has 3 aromatic carbocycles. The standard InChI is InChI=1S/C26H26N6O4S/c1-3-31(4-2)20-13-12-18(16-27-30-26-29-22-10-5-6-11-24(22)37-26)23(15-20)36-17-25(33)28-19-8-7-9-21(14-19)32(34)35/h5-16H,3-4,17H2,1-2H3,(H,28,33)(H,29,30)/b27-16-. The number of carbonyl (C=O) groups is 1. The number of benzene rings is 3. The summed E-state index contributed by atoms with van der Waals surface area (Å²) < 4.78 is 6.93. The zero-order chi connectivity index (χ0) is 26.2. The average molecular weight is 519 g/mol. The predicted molar refractivity (Wildman–Crippen MR) is 148 cm³/mol. The molecule has 0 unspecified atom stereocenters. The Bertz CT molecular complexity index is 1400. The molecular weight excluding hydrogens is 492 g/mol. The second-order valence-corrected chi connectivity index (χ2v) is 8.93. The fourth-order valence-electron chi connectivity index (χ4n) is 3.65. The highest BCUT2D eigenvalue weighted by Gasteiger charge is 2.12. The summed E-state index contributed by atoms with van der Waals surface area (Å²) in [5, 5.41) is 18.6. The number of nitro benzene ring substituents is 1. The highest BCUT2D eigenvalue weighted by atomic mass is 32.1. The first-order valence-electron chi connectivity index (χ1n) is 11.7. The summed E-state index contributed by atoms with van der Waals surface area (Å²) in [5.41, 5.74) is 5.70. The van der Waals surface area contributed by atoms with E-state index in [4.69, 9.17) is 4.74 Å². The van der Waals surface area contributed by atoms with Crippen LogP contribution in [-0.2, 0) is 4.79 Å². The summed E-state index contributed by atoms with van der Waals surface area (Å²) in [6.07, 6.45) is 1.62. The molecule has 4 rings (SSSR count). The molecule has 0 saturated carbocycles. The zero-order valence-electron chi connectivity index (χ0n) is 20.4. The van der Waals surface area contributed by atoms with Gasteiger partial charge < -0.3 is 15.0 Å². The van der Waals surface area contributed by atoms with Gasteiger partial charge in [-0.05, 0) is 44.2 Å². The minimum Gasteiger partial charge on any atom is -0.483 e. The molecule has 0 bridgehead atoms. The Morgan fingerprint density at radius 1 is 1.14 bits per heavy atom. The second-order valence-electron chi connectivity index (χ2n) is 7.90. The van der Waals surface area contributed by atoms with Crippen molar-refractivity contribution in [2.24, 2.45) is 5.10 Å². The fourth-order valence-corrected chi connectivity index (χ4v) is 4.47. The summed E-state index contributed by atoms with van der Waals surface area (Å²) in [5.74, 6) is 0.0395. The van der Waals surface area contributed by atoms with Crippen molar-refractivity contribution in [1.82, 2.24) is 4.98 Å². The van der Waals surface area contributed by atoms with Crippen LogP contribution in [0.1, 0.15) is 19.4 Å². The number of ether oxygens (including phenoxy) is 1. The van der Waals surface area contributed by atoms with Gasteiger partial charge in [0.05, 0.1) is 21.4 Å². The van der Waals surface area contributed by atoms with Crippen molar-refractivity contribution in [1.29, 1.82) is 0 Å². The summed E-state index contributed by atoms with van der Waals surface area (Å²) in [7, 11) is 0. The molecule has 1 heterocycles. The first-order valence-corrected chi connectivity index (χ1v) is 12.5. The van der Waals surface area contributed by atoms with Crippen LogP contribution in [0.3, 0.4) is 0 Å². The lowest BCUT2D eigenvalue weighted by Crippen LogP contribution is -2.23. The maximum atomic E-state index is 12.5. The van der Waals surface area contributed by atoms with Gasteiger partial charge in [-0.2, -0.15) is 5.10 Å². The molecule has 1 amide bonds. The van der Waals surface area contributed by atoms with Gasteiger partial charge in [0.25, 0.3) is 11.6 Å². The van der Waals surface area contributed by atoms with Crippen molar-refractivity contribution in [2.75, 3.05) is 35.3 Å². The topological polar surface area (TPSA) is 122 Å². The van der Waals surface area contributed by atoms with Crippen LogP contribution in [0.25, 0.3) is 10.2 Å². The molecule has 11 heteroatoms. The molecule has 0 aliphatic carbocycles. The second kappa shape index (κ2) is 12.0. The number of aromatic nitrogens is 1. The normalized spacial score (nSPS) is 11.0. The third-order valence-electron chi connectivity index (χ3n) is 5.48. The molecule has 1 aromatic heterocycles. The highest BCUT2D eigenvalue weighted by molar-refractivity contribution is 7.22. The van der Waals surface area contributed by atoms with E-state index in [0.29, 0.717) is 22.1 Å². The fraction of sp³-hybridized carbons (Fsp3) is 0.192. The van der Waals surface area contributed by atoms with Crippen molar-refractivity contribution < 1.29 is 14.5 Å². The maximum absolute atomic E-state index is 12.5. The van der Waals surface area contributed by atoms with Gasteiger partial charge in [-0.3, -0.25) is 20.3 Å². The first-order chi connectivity index (χ1) is 18.0. The minimum atomic E-state index is -0.515. The van der Waals surface area contributed by atoms with Crippen LogP contribution in [0.5, 0.6) is 5.75 Å². The molecule has 0 radical (unpaired) electrons. The van der Waals surface area contributed by atoms with Crippen LogP contribution in [0.15, 0.2) is 71.8 Å². The number of nitro groups is 1. The first kappa shape index (κ1) is 25.6. The van der Waals surface area contributed by atoms with Crippen molar-refractivity contribution in [3.63, 3.8) is 0 Å². The lowest BCUT2D eigenvalue weighted by Gasteiger charge is -2.22. The summed E-state index contributed by atoms with van der Waals surface area (Å²) in [6, 6.07) is 19.3. The molecule has 0 saturated heterocycles. The molecule has 2 N–H and O–H groups in total. The number of amides is 1. The Morgan fingerprint density at radius 2 is 1.95 bits per heavy atom. The summed E-state index contributed by atoms with van der Waals surface area (Å²) in [4.78, 5) is 29.7. The van der Waals surface area contributed by atoms with Gasteiger partial charge in [0.15, 0.2) is 6.61 Å². The van der Waals surface area contributed by atoms with Crippen LogP contribution < -0.4 is 20.4 Å². The highest BCUT2D eigenvalue weighted by Crippen LogP contribution is 2.27. The molecule has 0 aliphatic heterocycles. The van der Waals surface area contributed by atoms with Crippen molar-refractivity contribution in [3.8, 4) is 5.75 Å². The van der Waals surface area contributed by atoms with E-state index in [1.165, 1.54) is 29.5 Å². The number of anilines is 3. The van der Waals surface area contributed by atoms with Gasteiger partial charge in [0, 0.05) is 48.2 Å². The molecule has 0 spiro atoms. The molecule has 190 valence electrons. The lowest BCUT2D eigenvalue weighted by molar-refractivity contribution is -0.384. The summed E-state index contributed by atoms with van der Waals surface area (Å²) >= 11 is 1.50. The van der Waals surface area contributed by atoms with Gasteiger partial charge in [0.2, 0.25) is 5.13 Å². The Labute approximate surface area is 217 Å². The third kappa shape index (κ3) is 6.58. The van der Waals surface area contributed by atoms with E-state index >= 15 is 0 Å². The number of rotatable bonds is 11. The smallest absolute Gasteiger partial charge is 0.271 e. The van der Waals surface area contributed by atoms with E-state index in [2.05, 4.69) is 39.6 Å². The Hall–Kier alpha value is -4.51. The minimum absolute atomic E-state index is 0.107. The van der Waals surface area contributed by atoms with Crippen LogP contribution in [0.2, 0.25) is 0 Å². The van der Waals surface area contributed by atoms with Crippen molar-refractivity contribution in [3.05, 3.63) is 82.4 Å². The number of carbonyl (C=O) groups excluding carboxylic acids is 1. The molecule has 10 nitrogen and oxygen atoms in total. The van der Waals surface area contributed by atoms with E-state index in [1.807, 2.05) is 42.5 Å². The predicted octanol–water partition coefficient (Wildman–Crippen LogP) is 5.51. The van der Waals surface area contributed by atoms with Gasteiger partial charge in [-0.25, -0.2) is 4.98 Å². The number of hydrogen-bond donors (Lipinski definition) is 2. The Morgan fingerprint density at radius 3 is 2.70 bits per heavy atom. The van der Waals surface area contributed by atoms with Gasteiger partial charge in [0.1, 0.15) is 5.75 Å². The quantitative estimate of drug-likeness (QED) is 0.152. The third-order valence-corrected chi connectivity index (χ3v) is 6.42. The average Bonchev–Trinajstić information content (AvgIpc) is 3.32. The van der Waals surface area contributed by atoms with Crippen molar-refractivity contribution >= 4 is 55.9 Å². The number of thiazole rings is 1. The molecule has 37 heavy (non-hydrogen) atoms. The monoisotopic (exact) mass is 518 g/mol. The van der Waals surface area contributed by atoms with Crippen LogP contribution in [0, 0.1) is 10.1 Å². The van der Waals surface area contributed by atoms with Gasteiger partial charge >= 0.3 is 0 Å². The van der Waals surface area contributed by atoms with Crippen molar-refractivity contribution in [2.45, 2.75) is 13.8 Å². The molecule has 4 aromatic rings. The summed E-state index contributed by atoms with van der Waals surface area (Å²) in [6.45, 7) is 5.48. The largest absolute Gasteiger partial charge is 0.483 e. The number of nitrogens with zero attached hydrogens (tertiary/aromatic N) is 4. The van der Waals surface area contributed by atoms with Gasteiger partial charge in [-0.15, -0.1) is 0 Å². The zero-order valence-corrected chi connectivity index (χ0v) is 21.2. The number of hydrazone groups is 1. The number of non-ortho nitro benzene ring substituents is 1.